The lowest BCUT2D eigenvalue weighted by Crippen LogP contribution is -2.59. The Morgan fingerprint density at radius 3 is 1.45 bits per heavy atom. The van der Waals surface area contributed by atoms with Gasteiger partial charge >= 0.3 is 11.9 Å². The summed E-state index contributed by atoms with van der Waals surface area (Å²) in [6, 6.07) is 0. The van der Waals surface area contributed by atoms with Gasteiger partial charge in [0.1, 0.15) is 31.0 Å². The molecule has 0 unspecified atom stereocenters. The van der Waals surface area contributed by atoms with Gasteiger partial charge in [0, 0.05) is 12.8 Å². The molecule has 0 radical (unpaired) electrons. The first-order valence-corrected chi connectivity index (χ1v) is 20.3. The third-order valence-electron chi connectivity index (χ3n) is 8.46. The number of allylic oxidation sites excluding steroid dienone is 16. The van der Waals surface area contributed by atoms with Crippen LogP contribution in [0.15, 0.2) is 97.2 Å². The molecule has 1 fully saturated rings. The summed E-state index contributed by atoms with van der Waals surface area (Å²) in [6.45, 7) is 3.07. The summed E-state index contributed by atoms with van der Waals surface area (Å²) in [5.74, 6) is -0.918. The number of carbonyl (C=O) groups excluding carboxylic acids is 2. The van der Waals surface area contributed by atoms with E-state index in [1.54, 1.807) is 0 Å². The van der Waals surface area contributed by atoms with Gasteiger partial charge in [-0.3, -0.25) is 9.59 Å². The average Bonchev–Trinajstić information content (AvgIpc) is 3.18. The Morgan fingerprint density at radius 1 is 0.564 bits per heavy atom. The molecule has 0 amide bonds. The molecular weight excluding hydrogens is 700 g/mol. The van der Waals surface area contributed by atoms with Gasteiger partial charge in [-0.2, -0.15) is 0 Å². The summed E-state index contributed by atoms with van der Waals surface area (Å²) in [5, 5.41) is 40.0. The molecular formula is C45H70O10. The minimum atomic E-state index is -1.61. The zero-order valence-electron chi connectivity index (χ0n) is 33.4. The molecule has 0 aliphatic carbocycles. The quantitative estimate of drug-likeness (QED) is 0.0310. The normalized spacial score (nSPS) is 21.6. The highest BCUT2D eigenvalue weighted by atomic mass is 16.7. The van der Waals surface area contributed by atoms with E-state index in [1.807, 2.05) is 0 Å². The van der Waals surface area contributed by atoms with Crippen molar-refractivity contribution < 1.29 is 49.0 Å². The summed E-state index contributed by atoms with van der Waals surface area (Å²) in [4.78, 5) is 25.2. The summed E-state index contributed by atoms with van der Waals surface area (Å²) in [7, 11) is 0. The lowest BCUT2D eigenvalue weighted by Gasteiger charge is -2.39. The topological polar surface area (TPSA) is 152 Å². The second kappa shape index (κ2) is 35.1. The number of ether oxygens (including phenoxy) is 4. The van der Waals surface area contributed by atoms with Crippen molar-refractivity contribution in [2.24, 2.45) is 0 Å². The number of esters is 2. The van der Waals surface area contributed by atoms with E-state index >= 15 is 0 Å². The Balaban J connectivity index is 2.46. The Bertz CT molecular complexity index is 1210. The molecule has 10 heteroatoms. The highest BCUT2D eigenvalue weighted by Crippen LogP contribution is 2.22. The number of aliphatic hydroxyl groups is 4. The van der Waals surface area contributed by atoms with Crippen LogP contribution in [-0.2, 0) is 28.5 Å². The summed E-state index contributed by atoms with van der Waals surface area (Å²) in [5.41, 5.74) is 0. The molecule has 1 rings (SSSR count). The summed E-state index contributed by atoms with van der Waals surface area (Å²) >= 11 is 0. The fraction of sp³-hybridized carbons (Fsp3) is 0.600. The van der Waals surface area contributed by atoms with Gasteiger partial charge in [-0.15, -0.1) is 0 Å². The molecule has 55 heavy (non-hydrogen) atoms. The molecule has 0 bridgehead atoms. The van der Waals surface area contributed by atoms with Crippen molar-refractivity contribution in [2.45, 2.75) is 153 Å². The predicted molar refractivity (Wildman–Crippen MR) is 219 cm³/mol. The first kappa shape index (κ1) is 49.6. The van der Waals surface area contributed by atoms with Gasteiger partial charge in [0.15, 0.2) is 12.4 Å². The van der Waals surface area contributed by atoms with Crippen LogP contribution in [0.2, 0.25) is 0 Å². The van der Waals surface area contributed by atoms with Crippen LogP contribution in [0.1, 0.15) is 117 Å². The van der Waals surface area contributed by atoms with Crippen LogP contribution in [0.25, 0.3) is 0 Å². The average molecular weight is 771 g/mol. The Hall–Kier alpha value is -3.38. The maximum absolute atomic E-state index is 12.7. The first-order valence-electron chi connectivity index (χ1n) is 20.3. The van der Waals surface area contributed by atoms with E-state index in [0.29, 0.717) is 12.8 Å². The van der Waals surface area contributed by atoms with E-state index in [-0.39, 0.29) is 26.1 Å². The zero-order chi connectivity index (χ0) is 40.2. The number of carbonyl (C=O) groups is 2. The molecule has 0 aromatic carbocycles. The van der Waals surface area contributed by atoms with Crippen LogP contribution < -0.4 is 0 Å². The van der Waals surface area contributed by atoms with E-state index in [2.05, 4.69) is 111 Å². The summed E-state index contributed by atoms with van der Waals surface area (Å²) in [6.07, 6.45) is 38.5. The minimum absolute atomic E-state index is 0.162. The standard InChI is InChI=1S/C45H70O10/c1-3-5-7-9-11-13-15-17-19-21-23-25-27-29-31-33-40(47)52-36-38(37-53-45-44(51)43(50)42(49)39(35-46)55-45)54-41(48)34-32-30-28-26-24-22-20-18-16-14-12-10-8-6-4-2/h5-8,11-14,17-20,23-26,38-39,42-46,49-51H,3-4,9-10,15-16,21-22,27-37H2,1-2H3/b7-5-,8-6-,13-11-,14-12-,19-17-,20-18-,25-23-,26-24-/t38-,39+,42-,43-,44+,45+/m0/s1. The Morgan fingerprint density at radius 2 is 1.00 bits per heavy atom. The van der Waals surface area contributed by atoms with Gasteiger partial charge in [0.05, 0.1) is 13.2 Å². The molecule has 0 aromatic heterocycles. The van der Waals surface area contributed by atoms with E-state index in [9.17, 15) is 30.0 Å². The lowest BCUT2D eigenvalue weighted by molar-refractivity contribution is -0.305. The van der Waals surface area contributed by atoms with Crippen molar-refractivity contribution in [3.63, 3.8) is 0 Å². The molecule has 0 spiro atoms. The number of unbranched alkanes of at least 4 members (excludes halogenated alkanes) is 4. The van der Waals surface area contributed by atoms with Crippen molar-refractivity contribution in [3.05, 3.63) is 97.2 Å². The largest absolute Gasteiger partial charge is 0.462 e. The molecule has 10 nitrogen and oxygen atoms in total. The van der Waals surface area contributed by atoms with E-state index in [4.69, 9.17) is 18.9 Å². The van der Waals surface area contributed by atoms with Crippen molar-refractivity contribution in [1.82, 2.24) is 0 Å². The fourth-order valence-electron chi connectivity index (χ4n) is 5.28. The van der Waals surface area contributed by atoms with Gasteiger partial charge in [0.2, 0.25) is 0 Å². The van der Waals surface area contributed by atoms with Gasteiger partial charge < -0.3 is 39.4 Å². The third kappa shape index (κ3) is 27.0. The van der Waals surface area contributed by atoms with Crippen LogP contribution in [0.5, 0.6) is 0 Å². The number of aliphatic hydroxyl groups excluding tert-OH is 4. The maximum Gasteiger partial charge on any atom is 0.306 e. The van der Waals surface area contributed by atoms with Crippen LogP contribution in [0.3, 0.4) is 0 Å². The number of rotatable bonds is 31. The molecule has 0 aromatic rings. The van der Waals surface area contributed by atoms with E-state index < -0.39 is 55.4 Å². The highest BCUT2D eigenvalue weighted by molar-refractivity contribution is 5.70. The monoisotopic (exact) mass is 770 g/mol. The lowest BCUT2D eigenvalue weighted by atomic mass is 9.99. The Kier molecular flexibility index (Phi) is 31.6. The molecule has 4 N–H and O–H groups in total. The zero-order valence-corrected chi connectivity index (χ0v) is 33.4. The Labute approximate surface area is 330 Å². The van der Waals surface area contributed by atoms with E-state index in [1.165, 1.54) is 0 Å². The van der Waals surface area contributed by atoms with Gasteiger partial charge in [-0.05, 0) is 89.9 Å². The second-order valence-electron chi connectivity index (χ2n) is 13.3. The van der Waals surface area contributed by atoms with E-state index in [0.717, 1.165) is 77.0 Å². The highest BCUT2D eigenvalue weighted by Gasteiger charge is 2.44. The summed E-state index contributed by atoms with van der Waals surface area (Å²) < 4.78 is 22.0. The molecule has 6 atom stereocenters. The van der Waals surface area contributed by atoms with Gasteiger partial charge in [0.25, 0.3) is 0 Å². The van der Waals surface area contributed by atoms with Crippen LogP contribution in [-0.4, -0.2) is 89.0 Å². The minimum Gasteiger partial charge on any atom is -0.462 e. The fourth-order valence-corrected chi connectivity index (χ4v) is 5.28. The third-order valence-corrected chi connectivity index (χ3v) is 8.46. The van der Waals surface area contributed by atoms with Gasteiger partial charge in [-0.25, -0.2) is 0 Å². The van der Waals surface area contributed by atoms with Crippen molar-refractivity contribution >= 4 is 11.9 Å². The molecule has 1 aliphatic heterocycles. The maximum atomic E-state index is 12.7. The molecule has 310 valence electrons. The van der Waals surface area contributed by atoms with Crippen LogP contribution in [0, 0.1) is 0 Å². The molecule has 1 aliphatic rings. The SMILES string of the molecule is CC/C=C\C/C=C\C/C=C\C/C=C\CCCCC(=O)OC[C@@H](CO[C@@H]1O[C@H](CO)[C@H](O)[C@H](O)[C@H]1O)OC(=O)CCCC/C=C\C/C=C\C/C=C\C/C=C\CC. The smallest absolute Gasteiger partial charge is 0.306 e. The first-order chi connectivity index (χ1) is 26.8. The van der Waals surface area contributed by atoms with Crippen molar-refractivity contribution in [1.29, 1.82) is 0 Å². The van der Waals surface area contributed by atoms with Crippen molar-refractivity contribution in [2.75, 3.05) is 19.8 Å². The molecule has 0 saturated carbocycles. The molecule has 1 saturated heterocycles. The second-order valence-corrected chi connectivity index (χ2v) is 13.3. The number of hydrogen-bond acceptors (Lipinski definition) is 10. The predicted octanol–water partition coefficient (Wildman–Crippen LogP) is 7.99. The molecule has 1 heterocycles. The van der Waals surface area contributed by atoms with Crippen LogP contribution in [0.4, 0.5) is 0 Å². The number of hydrogen-bond donors (Lipinski definition) is 4. The van der Waals surface area contributed by atoms with Gasteiger partial charge in [-0.1, -0.05) is 111 Å². The van der Waals surface area contributed by atoms with Crippen LogP contribution >= 0.6 is 0 Å². The van der Waals surface area contributed by atoms with Crippen molar-refractivity contribution in [3.8, 4) is 0 Å².